The number of benzene rings is 1. The lowest BCUT2D eigenvalue weighted by molar-refractivity contribution is 0.507. The van der Waals surface area contributed by atoms with Gasteiger partial charge in [-0.25, -0.2) is 0 Å². The van der Waals surface area contributed by atoms with E-state index in [1.54, 1.807) is 18.4 Å². The predicted octanol–water partition coefficient (Wildman–Crippen LogP) is 2.37. The first kappa shape index (κ1) is 11.1. The summed E-state index contributed by atoms with van der Waals surface area (Å²) in [6.45, 7) is 0.642. The van der Waals surface area contributed by atoms with Gasteiger partial charge in [0.2, 0.25) is 0 Å². The lowest BCUT2D eigenvalue weighted by atomic mass is 10.2. The molecule has 1 aromatic carbocycles. The number of rotatable bonds is 3. The summed E-state index contributed by atoms with van der Waals surface area (Å²) in [7, 11) is 1.93. The van der Waals surface area contributed by atoms with E-state index in [0.717, 1.165) is 11.4 Å². The number of hydrogen-bond donors (Lipinski definition) is 1. The Kier molecular flexibility index (Phi) is 3.01. The number of nitrogens with two attached hydrogens (primary N) is 1. The number of anilines is 2. The molecule has 2 N–H and O–H groups in total. The second-order valence-electron chi connectivity index (χ2n) is 3.82. The lowest BCUT2D eigenvalue weighted by Crippen LogP contribution is -2.17. The smallest absolute Gasteiger partial charge is 0.123 e. The first-order valence-electron chi connectivity index (χ1n) is 5.24. The molecule has 4 nitrogen and oxygen atoms in total. The van der Waals surface area contributed by atoms with Gasteiger partial charge >= 0.3 is 0 Å². The highest BCUT2D eigenvalue weighted by atomic mass is 16.3. The highest BCUT2D eigenvalue weighted by Crippen LogP contribution is 2.24. The van der Waals surface area contributed by atoms with Gasteiger partial charge in [0.05, 0.1) is 35.8 Å². The lowest BCUT2D eigenvalue weighted by Gasteiger charge is -2.19. The second kappa shape index (κ2) is 4.62. The van der Waals surface area contributed by atoms with Gasteiger partial charge in [-0.2, -0.15) is 5.26 Å². The molecule has 1 heterocycles. The maximum Gasteiger partial charge on any atom is 0.123 e. The quantitative estimate of drug-likeness (QED) is 0.817. The van der Waals surface area contributed by atoms with E-state index in [2.05, 4.69) is 6.07 Å². The molecule has 17 heavy (non-hydrogen) atoms. The van der Waals surface area contributed by atoms with Crippen LogP contribution in [0.1, 0.15) is 11.3 Å². The van der Waals surface area contributed by atoms with Gasteiger partial charge in [-0.1, -0.05) is 0 Å². The Morgan fingerprint density at radius 1 is 1.41 bits per heavy atom. The first-order chi connectivity index (χ1) is 8.20. The minimum atomic E-state index is 0.567. The number of nitriles is 1. The molecule has 0 saturated heterocycles. The molecule has 0 aliphatic carbocycles. The molecule has 2 aromatic rings. The molecule has 0 bridgehead atoms. The molecular formula is C13H13N3O. The Labute approximate surface area is 99.9 Å². The monoisotopic (exact) mass is 227 g/mol. The van der Waals surface area contributed by atoms with E-state index in [9.17, 15) is 0 Å². The van der Waals surface area contributed by atoms with E-state index in [4.69, 9.17) is 15.4 Å². The molecule has 4 heteroatoms. The summed E-state index contributed by atoms with van der Waals surface area (Å²) < 4.78 is 5.28. The van der Waals surface area contributed by atoms with Crippen LogP contribution in [0.3, 0.4) is 0 Å². The van der Waals surface area contributed by atoms with Crippen molar-refractivity contribution >= 4 is 11.4 Å². The summed E-state index contributed by atoms with van der Waals surface area (Å²) in [4.78, 5) is 1.98. The van der Waals surface area contributed by atoms with Crippen molar-refractivity contribution in [3.8, 4) is 6.07 Å². The summed E-state index contributed by atoms with van der Waals surface area (Å²) in [6, 6.07) is 11.1. The van der Waals surface area contributed by atoms with Gasteiger partial charge in [0, 0.05) is 7.05 Å². The zero-order chi connectivity index (χ0) is 12.3. The molecule has 0 saturated carbocycles. The van der Waals surface area contributed by atoms with E-state index in [1.807, 2.05) is 30.1 Å². The molecule has 0 radical (unpaired) electrons. The van der Waals surface area contributed by atoms with Crippen LogP contribution in [-0.2, 0) is 6.54 Å². The van der Waals surface area contributed by atoms with Gasteiger partial charge in [0.25, 0.3) is 0 Å². The molecule has 0 spiro atoms. The Hall–Kier alpha value is -2.41. The van der Waals surface area contributed by atoms with Crippen LogP contribution < -0.4 is 10.6 Å². The third-order valence-electron chi connectivity index (χ3n) is 2.54. The van der Waals surface area contributed by atoms with Crippen LogP contribution in [0.5, 0.6) is 0 Å². The fourth-order valence-corrected chi connectivity index (χ4v) is 1.69. The number of furan rings is 1. The van der Waals surface area contributed by atoms with Crippen LogP contribution in [-0.4, -0.2) is 7.05 Å². The predicted molar refractivity (Wildman–Crippen MR) is 66.4 cm³/mol. The number of nitrogens with zero attached hydrogens (tertiary/aromatic N) is 2. The molecule has 2 rings (SSSR count). The SMILES string of the molecule is CN(Cc1ccco1)c1ccc(C#N)cc1N. The summed E-state index contributed by atoms with van der Waals surface area (Å²) >= 11 is 0. The Morgan fingerprint density at radius 3 is 2.82 bits per heavy atom. The van der Waals surface area contributed by atoms with E-state index in [1.165, 1.54) is 0 Å². The van der Waals surface area contributed by atoms with Crippen LogP contribution in [0.15, 0.2) is 41.0 Å². The van der Waals surface area contributed by atoms with E-state index < -0.39 is 0 Å². The van der Waals surface area contributed by atoms with Gasteiger partial charge < -0.3 is 15.1 Å². The van der Waals surface area contributed by atoms with Gasteiger partial charge in [-0.15, -0.1) is 0 Å². The van der Waals surface area contributed by atoms with E-state index >= 15 is 0 Å². The highest BCUT2D eigenvalue weighted by Gasteiger charge is 2.08. The Bertz CT molecular complexity index is 540. The fourth-order valence-electron chi connectivity index (χ4n) is 1.69. The van der Waals surface area contributed by atoms with Crippen molar-refractivity contribution in [3.05, 3.63) is 47.9 Å². The molecule has 0 aliphatic heterocycles. The van der Waals surface area contributed by atoms with Crippen LogP contribution in [0.25, 0.3) is 0 Å². The summed E-state index contributed by atoms with van der Waals surface area (Å²) in [5.74, 6) is 0.872. The third kappa shape index (κ3) is 2.40. The van der Waals surface area contributed by atoms with Crippen molar-refractivity contribution in [3.63, 3.8) is 0 Å². The highest BCUT2D eigenvalue weighted by molar-refractivity contribution is 5.69. The molecule has 0 unspecified atom stereocenters. The third-order valence-corrected chi connectivity index (χ3v) is 2.54. The average Bonchev–Trinajstić information content (AvgIpc) is 2.81. The second-order valence-corrected chi connectivity index (χ2v) is 3.82. The minimum absolute atomic E-state index is 0.567. The van der Waals surface area contributed by atoms with Crippen LogP contribution in [0.4, 0.5) is 11.4 Å². The Balaban J connectivity index is 2.20. The maximum absolute atomic E-state index is 8.76. The molecule has 86 valence electrons. The van der Waals surface area contributed by atoms with Crippen LogP contribution in [0, 0.1) is 11.3 Å². The summed E-state index contributed by atoms with van der Waals surface area (Å²) in [6.07, 6.45) is 1.64. The van der Waals surface area contributed by atoms with Crippen LogP contribution in [0.2, 0.25) is 0 Å². The largest absolute Gasteiger partial charge is 0.467 e. The topological polar surface area (TPSA) is 66.2 Å². The van der Waals surface area contributed by atoms with E-state index in [-0.39, 0.29) is 0 Å². The number of hydrogen-bond acceptors (Lipinski definition) is 4. The molecule has 0 aliphatic rings. The molecular weight excluding hydrogens is 214 g/mol. The summed E-state index contributed by atoms with van der Waals surface area (Å²) in [5.41, 5.74) is 7.96. The Morgan fingerprint density at radius 2 is 2.24 bits per heavy atom. The van der Waals surface area contributed by atoms with Gasteiger partial charge in [0.1, 0.15) is 5.76 Å². The van der Waals surface area contributed by atoms with Gasteiger partial charge in [0.15, 0.2) is 0 Å². The van der Waals surface area contributed by atoms with Gasteiger partial charge in [-0.05, 0) is 30.3 Å². The zero-order valence-electron chi connectivity index (χ0n) is 9.55. The van der Waals surface area contributed by atoms with Crippen molar-refractivity contribution in [2.75, 3.05) is 17.7 Å². The van der Waals surface area contributed by atoms with Crippen molar-refractivity contribution in [1.29, 1.82) is 5.26 Å². The first-order valence-corrected chi connectivity index (χ1v) is 5.24. The average molecular weight is 227 g/mol. The molecule has 1 aromatic heterocycles. The van der Waals surface area contributed by atoms with Crippen LogP contribution >= 0.6 is 0 Å². The normalized spacial score (nSPS) is 9.88. The van der Waals surface area contributed by atoms with Crippen molar-refractivity contribution in [1.82, 2.24) is 0 Å². The number of nitrogen functional groups attached to an aromatic ring is 1. The minimum Gasteiger partial charge on any atom is -0.467 e. The van der Waals surface area contributed by atoms with Gasteiger partial charge in [-0.3, -0.25) is 0 Å². The summed E-state index contributed by atoms with van der Waals surface area (Å²) in [5, 5.41) is 8.76. The molecule has 0 fully saturated rings. The molecule has 0 amide bonds. The van der Waals surface area contributed by atoms with Crippen molar-refractivity contribution < 1.29 is 4.42 Å². The molecule has 0 atom stereocenters. The van der Waals surface area contributed by atoms with Crippen molar-refractivity contribution in [2.45, 2.75) is 6.54 Å². The standard InChI is InChI=1S/C13H13N3O/c1-16(9-11-3-2-6-17-11)13-5-4-10(8-14)7-12(13)15/h2-7H,9,15H2,1H3. The van der Waals surface area contributed by atoms with Crippen molar-refractivity contribution in [2.24, 2.45) is 0 Å². The maximum atomic E-state index is 8.76. The zero-order valence-corrected chi connectivity index (χ0v) is 9.55. The van der Waals surface area contributed by atoms with E-state index in [0.29, 0.717) is 17.8 Å². The fraction of sp³-hybridized carbons (Fsp3) is 0.154.